The monoisotopic (exact) mass is 475 g/mol. The molecule has 35 heavy (non-hydrogen) atoms. The van der Waals surface area contributed by atoms with Crippen LogP contribution in [-0.4, -0.2) is 28.4 Å². The average Bonchev–Trinajstić information content (AvgIpc) is 3.77. The van der Waals surface area contributed by atoms with Crippen LogP contribution in [-0.2, 0) is 13.0 Å². The number of nitrogens with one attached hydrogen (secondary N) is 1. The van der Waals surface area contributed by atoms with Gasteiger partial charge in [0.05, 0.1) is 17.4 Å². The maximum absolute atomic E-state index is 14.1. The van der Waals surface area contributed by atoms with Gasteiger partial charge in [0, 0.05) is 30.8 Å². The van der Waals surface area contributed by atoms with E-state index in [1.807, 2.05) is 29.2 Å². The zero-order valence-corrected chi connectivity index (χ0v) is 19.3. The molecule has 1 amide bonds. The molecule has 2 aromatic carbocycles. The van der Waals surface area contributed by atoms with Gasteiger partial charge in [-0.2, -0.15) is 0 Å². The molecule has 0 radical (unpaired) electrons. The number of hydrogen-bond acceptors (Lipinski definition) is 4. The Bertz CT molecular complexity index is 1270. The average molecular weight is 476 g/mol. The normalized spacial score (nSPS) is 18.3. The molecule has 7 heteroatoms. The lowest BCUT2D eigenvalue weighted by Gasteiger charge is -2.36. The van der Waals surface area contributed by atoms with Gasteiger partial charge in [0.15, 0.2) is 11.6 Å². The van der Waals surface area contributed by atoms with Crippen molar-refractivity contribution < 1.29 is 18.3 Å². The van der Waals surface area contributed by atoms with Gasteiger partial charge in [0.2, 0.25) is 0 Å². The van der Waals surface area contributed by atoms with E-state index in [2.05, 4.69) is 5.32 Å². The number of amides is 1. The fraction of sp³-hybridized carbons (Fsp3) is 0.357. The summed E-state index contributed by atoms with van der Waals surface area (Å²) in [6, 6.07) is 15.1. The topological polar surface area (TPSA) is 54.5 Å². The number of carbonyl (C=O) groups is 1. The molecule has 6 rings (SSSR count). The Morgan fingerprint density at radius 3 is 2.69 bits per heavy atom. The van der Waals surface area contributed by atoms with Crippen molar-refractivity contribution in [3.05, 3.63) is 88.7 Å². The Morgan fingerprint density at radius 2 is 1.91 bits per heavy atom. The summed E-state index contributed by atoms with van der Waals surface area (Å²) in [6.07, 6.45) is 5.36. The van der Waals surface area contributed by atoms with E-state index in [1.54, 1.807) is 12.1 Å². The van der Waals surface area contributed by atoms with Gasteiger partial charge in [-0.15, -0.1) is 0 Å². The van der Waals surface area contributed by atoms with Crippen LogP contribution in [0.4, 0.5) is 8.78 Å². The van der Waals surface area contributed by atoms with Crippen LogP contribution in [0.25, 0.3) is 0 Å². The molecule has 1 atom stereocenters. The van der Waals surface area contributed by atoms with E-state index >= 15 is 0 Å². The van der Waals surface area contributed by atoms with E-state index < -0.39 is 11.6 Å². The minimum atomic E-state index is -0.786. The second-order valence-corrected chi connectivity index (χ2v) is 9.74. The Hall–Kier alpha value is -3.32. The van der Waals surface area contributed by atoms with E-state index in [9.17, 15) is 13.6 Å². The largest absolute Gasteiger partial charge is 0.454 e. The number of halogens is 2. The number of fused-ring (bicyclic) bond motifs is 1. The third kappa shape index (κ3) is 4.78. The van der Waals surface area contributed by atoms with Gasteiger partial charge in [-0.1, -0.05) is 12.1 Å². The lowest BCUT2D eigenvalue weighted by Crippen LogP contribution is -2.41. The first kappa shape index (κ1) is 22.2. The molecule has 0 saturated heterocycles. The highest BCUT2D eigenvalue weighted by atomic mass is 19.1. The number of rotatable bonds is 8. The first-order valence-corrected chi connectivity index (χ1v) is 12.3. The molecule has 5 nitrogen and oxygen atoms in total. The highest BCUT2D eigenvalue weighted by Crippen LogP contribution is 2.45. The second kappa shape index (κ2) is 9.04. The molecule has 1 N–H and O–H groups in total. The van der Waals surface area contributed by atoms with E-state index in [0.29, 0.717) is 29.8 Å². The lowest BCUT2D eigenvalue weighted by molar-refractivity contribution is 0.0627. The van der Waals surface area contributed by atoms with Gasteiger partial charge in [-0.05, 0) is 80.0 Å². The SMILES string of the molecule is O=C1c2cc(Oc3ccc(F)cc3F)ccc2CCN1C(c1cccc(CNC2CC2)n1)C1CC1. The number of ether oxygens (including phenoxy) is 1. The van der Waals surface area contributed by atoms with E-state index in [-0.39, 0.29) is 17.7 Å². The highest BCUT2D eigenvalue weighted by molar-refractivity contribution is 5.97. The number of benzene rings is 2. The summed E-state index contributed by atoms with van der Waals surface area (Å²) < 4.78 is 33.0. The Kier molecular flexibility index (Phi) is 5.72. The zero-order valence-electron chi connectivity index (χ0n) is 19.3. The summed E-state index contributed by atoms with van der Waals surface area (Å²) in [7, 11) is 0. The predicted octanol–water partition coefficient (Wildman–Crippen LogP) is 5.55. The fourth-order valence-corrected chi connectivity index (χ4v) is 4.85. The standard InChI is InChI=1S/C28H27F2N3O2/c29-19-7-11-26(24(30)14-19)35-22-10-6-17-12-13-33(28(34)23(17)15-22)27(18-4-5-18)25-3-1-2-21(32-25)16-31-20-8-9-20/h1-3,6-7,10-11,14-15,18,20,27,31H,4-5,8-9,12-13,16H2. The van der Waals surface area contributed by atoms with Crippen molar-refractivity contribution in [2.75, 3.05) is 6.54 Å². The van der Waals surface area contributed by atoms with E-state index in [0.717, 1.165) is 54.9 Å². The summed E-state index contributed by atoms with van der Waals surface area (Å²) in [6.45, 7) is 1.37. The van der Waals surface area contributed by atoms with Crippen molar-refractivity contribution >= 4 is 5.91 Å². The molecule has 1 unspecified atom stereocenters. The van der Waals surface area contributed by atoms with Crippen molar-refractivity contribution in [2.45, 2.75) is 50.7 Å². The number of aromatic nitrogens is 1. The second-order valence-electron chi connectivity index (χ2n) is 9.74. The number of nitrogens with zero attached hydrogens (tertiary/aromatic N) is 2. The van der Waals surface area contributed by atoms with Crippen molar-refractivity contribution in [1.82, 2.24) is 15.2 Å². The summed E-state index contributed by atoms with van der Waals surface area (Å²) in [5, 5.41) is 3.51. The van der Waals surface area contributed by atoms with Gasteiger partial charge in [-0.3, -0.25) is 9.78 Å². The maximum Gasteiger partial charge on any atom is 0.254 e. The quantitative estimate of drug-likeness (QED) is 0.464. The van der Waals surface area contributed by atoms with Crippen LogP contribution in [0, 0.1) is 17.6 Å². The van der Waals surface area contributed by atoms with E-state index in [4.69, 9.17) is 9.72 Å². The molecule has 1 aliphatic heterocycles. The fourth-order valence-electron chi connectivity index (χ4n) is 4.85. The predicted molar refractivity (Wildman–Crippen MR) is 127 cm³/mol. The molecule has 0 spiro atoms. The van der Waals surface area contributed by atoms with Crippen molar-refractivity contribution in [3.8, 4) is 11.5 Å². The van der Waals surface area contributed by atoms with Crippen molar-refractivity contribution in [1.29, 1.82) is 0 Å². The molecule has 2 heterocycles. The Balaban J connectivity index is 1.25. The van der Waals surface area contributed by atoms with Crippen LogP contribution >= 0.6 is 0 Å². The third-order valence-electron chi connectivity index (χ3n) is 7.00. The van der Waals surface area contributed by atoms with Gasteiger partial charge in [0.1, 0.15) is 11.6 Å². The van der Waals surface area contributed by atoms with Crippen molar-refractivity contribution in [2.24, 2.45) is 5.92 Å². The smallest absolute Gasteiger partial charge is 0.254 e. The summed E-state index contributed by atoms with van der Waals surface area (Å²) in [5.74, 6) is -0.837. The first-order chi connectivity index (χ1) is 17.0. The maximum atomic E-state index is 14.1. The minimum Gasteiger partial charge on any atom is -0.454 e. The lowest BCUT2D eigenvalue weighted by atomic mass is 9.95. The minimum absolute atomic E-state index is 0.0588. The number of hydrogen-bond donors (Lipinski definition) is 1. The van der Waals surface area contributed by atoms with Crippen molar-refractivity contribution in [3.63, 3.8) is 0 Å². The third-order valence-corrected chi connectivity index (χ3v) is 7.00. The molecule has 2 aliphatic carbocycles. The molecule has 0 bridgehead atoms. The molecule has 2 saturated carbocycles. The molecule has 2 fully saturated rings. The van der Waals surface area contributed by atoms with Gasteiger partial charge >= 0.3 is 0 Å². The Morgan fingerprint density at radius 1 is 1.06 bits per heavy atom. The van der Waals surface area contributed by atoms with Crippen LogP contribution in [0.5, 0.6) is 11.5 Å². The highest BCUT2D eigenvalue weighted by Gasteiger charge is 2.41. The molecular formula is C28H27F2N3O2. The molecule has 180 valence electrons. The van der Waals surface area contributed by atoms with Crippen LogP contribution in [0.2, 0.25) is 0 Å². The van der Waals surface area contributed by atoms with Crippen LogP contribution < -0.4 is 10.1 Å². The molecule has 3 aliphatic rings. The van der Waals surface area contributed by atoms with Crippen LogP contribution in [0.1, 0.15) is 59.0 Å². The number of pyridine rings is 1. The first-order valence-electron chi connectivity index (χ1n) is 12.3. The molecular weight excluding hydrogens is 448 g/mol. The zero-order chi connectivity index (χ0) is 23.9. The summed E-state index contributed by atoms with van der Waals surface area (Å²) >= 11 is 0. The Labute approximate surface area is 203 Å². The van der Waals surface area contributed by atoms with Crippen LogP contribution in [0.15, 0.2) is 54.6 Å². The van der Waals surface area contributed by atoms with Crippen LogP contribution in [0.3, 0.4) is 0 Å². The van der Waals surface area contributed by atoms with E-state index in [1.165, 1.54) is 18.9 Å². The summed E-state index contributed by atoms with van der Waals surface area (Å²) in [4.78, 5) is 20.6. The van der Waals surface area contributed by atoms with Gasteiger partial charge < -0.3 is 15.0 Å². The number of carbonyl (C=O) groups excluding carboxylic acids is 1. The van der Waals surface area contributed by atoms with Gasteiger partial charge in [-0.25, -0.2) is 8.78 Å². The molecule has 3 aromatic rings. The van der Waals surface area contributed by atoms with Gasteiger partial charge in [0.25, 0.3) is 5.91 Å². The molecule has 1 aromatic heterocycles. The summed E-state index contributed by atoms with van der Waals surface area (Å²) in [5.41, 5.74) is 3.46.